The van der Waals surface area contributed by atoms with Crippen molar-refractivity contribution in [1.29, 1.82) is 0 Å². The Hall–Kier alpha value is -2.10. The van der Waals surface area contributed by atoms with E-state index in [-0.39, 0.29) is 29.4 Å². The summed E-state index contributed by atoms with van der Waals surface area (Å²) in [5, 5.41) is 3.30. The van der Waals surface area contributed by atoms with E-state index in [4.69, 9.17) is 4.74 Å². The number of rotatable bonds is 8. The molecule has 1 N–H and O–H groups in total. The summed E-state index contributed by atoms with van der Waals surface area (Å²) in [5.41, 5.74) is 0.873. The summed E-state index contributed by atoms with van der Waals surface area (Å²) in [5.74, 6) is 0.261. The highest BCUT2D eigenvalue weighted by Crippen LogP contribution is 2.32. The zero-order valence-electron chi connectivity index (χ0n) is 15.5. The summed E-state index contributed by atoms with van der Waals surface area (Å²) < 4.78 is 30.8. The van der Waals surface area contributed by atoms with E-state index >= 15 is 0 Å². The highest BCUT2D eigenvalue weighted by Gasteiger charge is 2.16. The first-order valence-corrected chi connectivity index (χ1v) is 12.2. The minimum Gasteiger partial charge on any atom is -0.497 e. The number of thiazole rings is 1. The maximum atomic E-state index is 12.4. The molecule has 0 fully saturated rings. The molecule has 0 saturated carbocycles. The number of benzene rings is 2. The van der Waals surface area contributed by atoms with Gasteiger partial charge in [-0.15, -0.1) is 11.8 Å². The smallest absolute Gasteiger partial charge is 0.226 e. The highest BCUT2D eigenvalue weighted by atomic mass is 32.2. The van der Waals surface area contributed by atoms with Crippen LogP contribution in [-0.4, -0.2) is 38.4 Å². The molecule has 3 aromatic rings. The molecule has 148 valence electrons. The number of nitrogens with one attached hydrogen (secondary N) is 1. The predicted octanol–water partition coefficient (Wildman–Crippen LogP) is 4.22. The van der Waals surface area contributed by atoms with Crippen LogP contribution in [0.5, 0.6) is 5.75 Å². The number of anilines is 1. The van der Waals surface area contributed by atoms with Crippen LogP contribution in [0.2, 0.25) is 0 Å². The fraction of sp³-hybridized carbons (Fsp3) is 0.263. The van der Waals surface area contributed by atoms with Crippen molar-refractivity contribution in [1.82, 2.24) is 4.98 Å². The van der Waals surface area contributed by atoms with Crippen LogP contribution in [0.15, 0.2) is 52.3 Å². The molecule has 0 aliphatic rings. The maximum Gasteiger partial charge on any atom is 0.226 e. The molecule has 0 spiro atoms. The summed E-state index contributed by atoms with van der Waals surface area (Å²) in [4.78, 5) is 18.0. The third kappa shape index (κ3) is 4.84. The maximum absolute atomic E-state index is 12.4. The summed E-state index contributed by atoms with van der Waals surface area (Å²) in [6.45, 7) is 0. The van der Waals surface area contributed by atoms with E-state index < -0.39 is 9.84 Å². The number of para-hydroxylation sites is 1. The Kier molecular flexibility index (Phi) is 6.58. The quantitative estimate of drug-likeness (QED) is 0.532. The molecule has 0 atom stereocenters. The van der Waals surface area contributed by atoms with Crippen molar-refractivity contribution < 1.29 is 17.9 Å². The van der Waals surface area contributed by atoms with Crippen molar-refractivity contribution in [3.63, 3.8) is 0 Å². The van der Waals surface area contributed by atoms with Gasteiger partial charge in [-0.1, -0.05) is 17.4 Å². The monoisotopic (exact) mass is 436 g/mol. The number of fused-ring (bicyclic) bond motifs is 1. The number of hydrogen-bond acceptors (Lipinski definition) is 7. The van der Waals surface area contributed by atoms with E-state index in [2.05, 4.69) is 10.3 Å². The van der Waals surface area contributed by atoms with Gasteiger partial charge in [0.25, 0.3) is 0 Å². The lowest BCUT2D eigenvalue weighted by Gasteiger charge is -2.06. The minimum absolute atomic E-state index is 0.0940. The van der Waals surface area contributed by atoms with Gasteiger partial charge in [-0.2, -0.15) is 0 Å². The number of sulfone groups is 1. The molecule has 1 amide bonds. The van der Waals surface area contributed by atoms with Crippen LogP contribution in [0.4, 0.5) is 5.13 Å². The number of thioether (sulfide) groups is 1. The topological polar surface area (TPSA) is 85.4 Å². The zero-order chi connectivity index (χ0) is 20.1. The van der Waals surface area contributed by atoms with Crippen LogP contribution in [0.3, 0.4) is 0 Å². The molecule has 0 unspecified atom stereocenters. The van der Waals surface area contributed by atoms with E-state index in [0.717, 1.165) is 15.1 Å². The normalized spacial score (nSPS) is 11.5. The number of hydrogen-bond donors (Lipinski definition) is 1. The van der Waals surface area contributed by atoms with Gasteiger partial charge in [0.1, 0.15) is 5.75 Å². The summed E-state index contributed by atoms with van der Waals surface area (Å²) in [7, 11) is -1.91. The fourth-order valence-corrected chi connectivity index (χ4v) is 5.49. The van der Waals surface area contributed by atoms with Gasteiger partial charge in [-0.3, -0.25) is 4.79 Å². The van der Waals surface area contributed by atoms with Gasteiger partial charge in [-0.25, -0.2) is 13.4 Å². The van der Waals surface area contributed by atoms with Crippen LogP contribution in [-0.2, 0) is 14.6 Å². The van der Waals surface area contributed by atoms with Crippen LogP contribution in [0.25, 0.3) is 10.2 Å². The molecule has 28 heavy (non-hydrogen) atoms. The Morgan fingerprint density at radius 2 is 1.96 bits per heavy atom. The number of nitrogens with zero attached hydrogens (tertiary/aromatic N) is 1. The molecule has 0 radical (unpaired) electrons. The van der Waals surface area contributed by atoms with E-state index in [1.165, 1.54) is 30.6 Å². The van der Waals surface area contributed by atoms with Gasteiger partial charge in [0, 0.05) is 11.3 Å². The molecular formula is C19H20N2O4S3. The first-order valence-electron chi connectivity index (χ1n) is 8.53. The molecule has 6 nitrogen and oxygen atoms in total. The Bertz CT molecular complexity index is 1080. The number of carbonyl (C=O) groups is 1. The average molecular weight is 437 g/mol. The molecule has 1 aromatic heterocycles. The number of methoxy groups -OCH3 is 1. The number of aromatic nitrogens is 1. The molecule has 0 saturated heterocycles. The van der Waals surface area contributed by atoms with E-state index in [9.17, 15) is 13.2 Å². The van der Waals surface area contributed by atoms with Crippen molar-refractivity contribution in [2.75, 3.05) is 24.4 Å². The number of amides is 1. The second-order valence-electron chi connectivity index (χ2n) is 5.97. The number of carbonyl (C=O) groups excluding carboxylic acids is 1. The van der Waals surface area contributed by atoms with Gasteiger partial charge >= 0.3 is 0 Å². The lowest BCUT2D eigenvalue weighted by molar-refractivity contribution is -0.116. The predicted molar refractivity (Wildman–Crippen MR) is 114 cm³/mol. The number of ether oxygens (including phenoxy) is 1. The van der Waals surface area contributed by atoms with Crippen molar-refractivity contribution in [2.24, 2.45) is 0 Å². The largest absolute Gasteiger partial charge is 0.497 e. The molecule has 3 rings (SSSR count). The molecule has 2 aromatic carbocycles. The van der Waals surface area contributed by atoms with Crippen LogP contribution in [0, 0.1) is 0 Å². The van der Waals surface area contributed by atoms with Crippen LogP contribution in [0.1, 0.15) is 12.8 Å². The van der Waals surface area contributed by atoms with Crippen molar-refractivity contribution in [2.45, 2.75) is 22.6 Å². The van der Waals surface area contributed by atoms with E-state index in [0.29, 0.717) is 10.9 Å². The first kappa shape index (κ1) is 20.6. The van der Waals surface area contributed by atoms with Gasteiger partial charge in [0.15, 0.2) is 15.0 Å². The van der Waals surface area contributed by atoms with E-state index in [1.54, 1.807) is 23.9 Å². The Morgan fingerprint density at radius 1 is 1.21 bits per heavy atom. The lowest BCUT2D eigenvalue weighted by Crippen LogP contribution is -2.14. The second-order valence-corrected chi connectivity index (χ2v) is 9.96. The summed E-state index contributed by atoms with van der Waals surface area (Å²) >= 11 is 3.01. The Balaban J connectivity index is 1.57. The zero-order valence-corrected chi connectivity index (χ0v) is 17.9. The molecule has 0 bridgehead atoms. The van der Waals surface area contributed by atoms with E-state index in [1.807, 2.05) is 24.5 Å². The Morgan fingerprint density at radius 3 is 2.64 bits per heavy atom. The molecule has 1 heterocycles. The third-order valence-corrected chi connectivity index (χ3v) is 7.61. The second kappa shape index (κ2) is 8.93. The Labute approximate surface area is 172 Å². The lowest BCUT2D eigenvalue weighted by atomic mass is 10.3. The fourth-order valence-electron chi connectivity index (χ4n) is 2.65. The van der Waals surface area contributed by atoms with Gasteiger partial charge in [-0.05, 0) is 49.1 Å². The molecular weight excluding hydrogens is 416 g/mol. The summed E-state index contributed by atoms with van der Waals surface area (Å²) in [6.07, 6.45) is 2.33. The van der Waals surface area contributed by atoms with Crippen molar-refractivity contribution in [3.05, 3.63) is 42.5 Å². The van der Waals surface area contributed by atoms with Gasteiger partial charge in [0.05, 0.1) is 28.0 Å². The molecule has 0 aliphatic heterocycles. The van der Waals surface area contributed by atoms with Gasteiger partial charge < -0.3 is 10.1 Å². The van der Waals surface area contributed by atoms with Gasteiger partial charge in [0.2, 0.25) is 5.91 Å². The molecule has 9 heteroatoms. The molecule has 0 aliphatic carbocycles. The van der Waals surface area contributed by atoms with Crippen LogP contribution < -0.4 is 10.1 Å². The van der Waals surface area contributed by atoms with Crippen molar-refractivity contribution in [3.8, 4) is 5.75 Å². The first-order chi connectivity index (χ1) is 13.4. The standard InChI is InChI=1S/C19H20N2O4S3/c1-25-13-8-10-14(11-9-13)28(23,24)12-4-7-17(22)20-19-21-18-15(26-2)5-3-6-16(18)27-19/h3,5-6,8-11H,4,7,12H2,1-2H3,(H,20,21,22). The van der Waals surface area contributed by atoms with Crippen molar-refractivity contribution >= 4 is 54.2 Å². The third-order valence-electron chi connectivity index (χ3n) is 4.08. The summed E-state index contributed by atoms with van der Waals surface area (Å²) in [6, 6.07) is 12.1. The average Bonchev–Trinajstić information content (AvgIpc) is 3.10. The highest BCUT2D eigenvalue weighted by molar-refractivity contribution is 7.98. The SMILES string of the molecule is COc1ccc(S(=O)(=O)CCCC(=O)Nc2nc3c(SC)cccc3s2)cc1. The van der Waals surface area contributed by atoms with Crippen LogP contribution >= 0.6 is 23.1 Å². The minimum atomic E-state index is -3.43.